The van der Waals surface area contributed by atoms with E-state index in [1.165, 1.54) is 10.4 Å². The second kappa shape index (κ2) is 8.39. The molecule has 0 fully saturated rings. The van der Waals surface area contributed by atoms with E-state index >= 15 is 0 Å². The lowest BCUT2D eigenvalue weighted by Gasteiger charge is -2.38. The van der Waals surface area contributed by atoms with E-state index in [4.69, 9.17) is 4.74 Å². The van der Waals surface area contributed by atoms with Gasteiger partial charge in [0.05, 0.1) is 23.0 Å². The topological polar surface area (TPSA) is 84.6 Å². The predicted molar refractivity (Wildman–Crippen MR) is 130 cm³/mol. The number of carbonyl (C=O) groups excluding carboxylic acids is 1. The predicted octanol–water partition coefficient (Wildman–Crippen LogP) is 4.07. The number of likely N-dealkylation sites (N-methyl/N-ethyl adjacent to an activating group) is 1. The summed E-state index contributed by atoms with van der Waals surface area (Å²) >= 11 is 1.68. The minimum Gasteiger partial charge on any atom is -0.382 e. The number of nitrogens with zero attached hydrogens (tertiary/aromatic N) is 5. The van der Waals surface area contributed by atoms with Gasteiger partial charge in [0.1, 0.15) is 17.0 Å². The van der Waals surface area contributed by atoms with Crippen molar-refractivity contribution in [3.63, 3.8) is 0 Å². The minimum atomic E-state index is -0.342. The summed E-state index contributed by atoms with van der Waals surface area (Å²) in [5, 5.41) is 8.80. The maximum absolute atomic E-state index is 13.3. The Hall–Kier alpha value is -3.04. The lowest BCUT2D eigenvalue weighted by molar-refractivity contribution is -0.141. The molecule has 0 saturated carbocycles. The number of hydrogen-bond acceptors (Lipinski definition) is 7. The van der Waals surface area contributed by atoms with Crippen LogP contribution in [0.25, 0.3) is 15.7 Å². The average Bonchev–Trinajstić information content (AvgIpc) is 3.41. The van der Waals surface area contributed by atoms with Crippen molar-refractivity contribution in [1.29, 1.82) is 0 Å². The number of amides is 1. The summed E-state index contributed by atoms with van der Waals surface area (Å²) in [6, 6.07) is 6.00. The Labute approximate surface area is 196 Å². The van der Waals surface area contributed by atoms with Crippen LogP contribution < -0.4 is 5.32 Å². The normalized spacial score (nSPS) is 16.2. The van der Waals surface area contributed by atoms with Gasteiger partial charge in [-0.3, -0.25) is 4.79 Å². The van der Waals surface area contributed by atoms with Gasteiger partial charge >= 0.3 is 0 Å². The first kappa shape index (κ1) is 21.8. The average molecular weight is 465 g/mol. The van der Waals surface area contributed by atoms with Crippen LogP contribution in [0.4, 0.5) is 11.5 Å². The highest BCUT2D eigenvalue weighted by Crippen LogP contribution is 2.41. The number of hydrogen-bond donors (Lipinski definition) is 1. The van der Waals surface area contributed by atoms with Crippen LogP contribution in [0.3, 0.4) is 0 Å². The zero-order valence-corrected chi connectivity index (χ0v) is 20.1. The molecule has 1 amide bonds. The van der Waals surface area contributed by atoms with Gasteiger partial charge in [-0.15, -0.1) is 11.3 Å². The van der Waals surface area contributed by atoms with Crippen LogP contribution in [-0.4, -0.2) is 56.7 Å². The van der Waals surface area contributed by atoms with E-state index in [0.29, 0.717) is 6.61 Å². The smallest absolute Gasteiger partial charge is 0.226 e. The van der Waals surface area contributed by atoms with Crippen LogP contribution in [0.15, 0.2) is 36.9 Å². The SMILES string of the molecule is COCC(C)(C)N(C)C(=O)[C@H]1CCc2c(sc3ncnc(Nc4ccn5nccc5c4)c23)C1. The largest absolute Gasteiger partial charge is 0.382 e. The van der Waals surface area contributed by atoms with Crippen LogP contribution in [0, 0.1) is 5.92 Å². The van der Waals surface area contributed by atoms with Crippen LogP contribution in [0.1, 0.15) is 30.7 Å². The van der Waals surface area contributed by atoms with Gasteiger partial charge in [-0.05, 0) is 56.9 Å². The molecule has 172 valence electrons. The molecule has 0 radical (unpaired) electrons. The first-order valence-corrected chi connectivity index (χ1v) is 11.9. The van der Waals surface area contributed by atoms with Crippen LogP contribution in [-0.2, 0) is 22.4 Å². The molecule has 8 nitrogen and oxygen atoms in total. The van der Waals surface area contributed by atoms with Gasteiger partial charge in [0.15, 0.2) is 0 Å². The summed E-state index contributed by atoms with van der Waals surface area (Å²) in [6.45, 7) is 4.58. The molecule has 0 unspecified atom stereocenters. The molecule has 4 aromatic heterocycles. The number of ether oxygens (including phenoxy) is 1. The molecular formula is C24H28N6O2S. The molecule has 0 aromatic carbocycles. The second-order valence-corrected chi connectivity index (χ2v) is 10.3. The number of rotatable bonds is 6. The number of aromatic nitrogens is 4. The highest BCUT2D eigenvalue weighted by Gasteiger charge is 2.35. The number of aryl methyl sites for hydroxylation is 1. The molecular weight excluding hydrogens is 436 g/mol. The Morgan fingerprint density at radius 1 is 1.36 bits per heavy atom. The lowest BCUT2D eigenvalue weighted by atomic mass is 9.86. The minimum absolute atomic E-state index is 0.0275. The number of thiophene rings is 1. The van der Waals surface area contributed by atoms with Crippen molar-refractivity contribution >= 4 is 44.5 Å². The fourth-order valence-electron chi connectivity index (χ4n) is 4.57. The number of carbonyl (C=O) groups is 1. The van der Waals surface area contributed by atoms with Crippen molar-refractivity contribution in [2.24, 2.45) is 5.92 Å². The monoisotopic (exact) mass is 464 g/mol. The van der Waals surface area contributed by atoms with E-state index in [2.05, 4.69) is 20.4 Å². The molecule has 0 spiro atoms. The number of pyridine rings is 1. The summed E-state index contributed by atoms with van der Waals surface area (Å²) in [5.74, 6) is 0.962. The molecule has 0 saturated heterocycles. The molecule has 0 bridgehead atoms. The molecule has 9 heteroatoms. The summed E-state index contributed by atoms with van der Waals surface area (Å²) in [7, 11) is 3.55. The molecule has 1 N–H and O–H groups in total. The van der Waals surface area contributed by atoms with Crippen molar-refractivity contribution < 1.29 is 9.53 Å². The second-order valence-electron chi connectivity index (χ2n) is 9.23. The van der Waals surface area contributed by atoms with Gasteiger partial charge in [0, 0.05) is 43.0 Å². The molecule has 0 aliphatic heterocycles. The van der Waals surface area contributed by atoms with E-state index in [1.54, 1.807) is 31.0 Å². The maximum atomic E-state index is 13.3. The highest BCUT2D eigenvalue weighted by atomic mass is 32.1. The third-order valence-corrected chi connectivity index (χ3v) is 7.76. The summed E-state index contributed by atoms with van der Waals surface area (Å²) in [4.78, 5) is 26.4. The number of anilines is 2. The van der Waals surface area contributed by atoms with Gasteiger partial charge in [-0.25, -0.2) is 14.5 Å². The van der Waals surface area contributed by atoms with Gasteiger partial charge in [-0.1, -0.05) is 0 Å². The molecule has 5 rings (SSSR count). The number of fused-ring (bicyclic) bond motifs is 4. The van der Waals surface area contributed by atoms with E-state index in [0.717, 1.165) is 46.5 Å². The fraction of sp³-hybridized carbons (Fsp3) is 0.417. The van der Waals surface area contributed by atoms with Gasteiger partial charge in [0.2, 0.25) is 5.91 Å². The van der Waals surface area contributed by atoms with Gasteiger partial charge in [-0.2, -0.15) is 5.10 Å². The highest BCUT2D eigenvalue weighted by molar-refractivity contribution is 7.19. The summed E-state index contributed by atoms with van der Waals surface area (Å²) in [6.07, 6.45) is 7.71. The third-order valence-electron chi connectivity index (χ3n) is 6.59. The Morgan fingerprint density at radius 3 is 3.03 bits per heavy atom. The first-order chi connectivity index (χ1) is 15.9. The van der Waals surface area contributed by atoms with Crippen LogP contribution >= 0.6 is 11.3 Å². The van der Waals surface area contributed by atoms with Gasteiger partial charge in [0.25, 0.3) is 0 Å². The van der Waals surface area contributed by atoms with E-state index in [9.17, 15) is 4.79 Å². The van der Waals surface area contributed by atoms with Crippen LogP contribution in [0.5, 0.6) is 0 Å². The number of nitrogens with one attached hydrogen (secondary N) is 1. The van der Waals surface area contributed by atoms with E-state index in [-0.39, 0.29) is 17.4 Å². The standard InChI is InChI=1S/C24H28N6O2S/c1-24(2,13-32-4)29(3)23(31)15-5-6-18-19(11-15)33-22-20(18)21(25-14-26-22)28-16-8-10-30-17(12-16)7-9-27-30/h7-10,12,14-15H,5-6,11,13H2,1-4H3,(H,25,26,28)/t15-/m0/s1. The van der Waals surface area contributed by atoms with Crippen molar-refractivity contribution in [3.8, 4) is 0 Å². The molecule has 1 aliphatic rings. The molecule has 4 heterocycles. The van der Waals surface area contributed by atoms with E-state index < -0.39 is 0 Å². The molecule has 4 aromatic rings. The number of methoxy groups -OCH3 is 1. The van der Waals surface area contributed by atoms with Gasteiger partial charge < -0.3 is 15.0 Å². The van der Waals surface area contributed by atoms with Crippen molar-refractivity contribution in [3.05, 3.63) is 47.4 Å². The quantitative estimate of drug-likeness (QED) is 0.463. The zero-order chi connectivity index (χ0) is 23.2. The maximum Gasteiger partial charge on any atom is 0.226 e. The summed E-state index contributed by atoms with van der Waals surface area (Å²) in [5.41, 5.74) is 2.89. The first-order valence-electron chi connectivity index (χ1n) is 11.1. The Morgan fingerprint density at radius 2 is 2.21 bits per heavy atom. The summed E-state index contributed by atoms with van der Waals surface area (Å²) < 4.78 is 7.15. The van der Waals surface area contributed by atoms with Crippen molar-refractivity contribution in [1.82, 2.24) is 24.5 Å². The molecule has 33 heavy (non-hydrogen) atoms. The Bertz CT molecular complexity index is 1330. The Kier molecular flexibility index (Phi) is 5.54. The van der Waals surface area contributed by atoms with Crippen molar-refractivity contribution in [2.75, 3.05) is 26.1 Å². The van der Waals surface area contributed by atoms with Crippen LogP contribution in [0.2, 0.25) is 0 Å². The lowest BCUT2D eigenvalue weighted by Crippen LogP contribution is -2.50. The molecule has 1 aliphatic carbocycles. The Balaban J connectivity index is 1.42. The van der Waals surface area contributed by atoms with Crippen molar-refractivity contribution in [2.45, 2.75) is 38.6 Å². The molecule has 1 atom stereocenters. The van der Waals surface area contributed by atoms with E-state index in [1.807, 2.05) is 54.7 Å². The zero-order valence-electron chi connectivity index (χ0n) is 19.3. The third kappa shape index (κ3) is 3.95. The fourth-order valence-corrected chi connectivity index (χ4v) is 5.84.